The van der Waals surface area contributed by atoms with E-state index in [0.29, 0.717) is 6.04 Å². The molecular weight excluding hydrogens is 286 g/mol. The van der Waals surface area contributed by atoms with Crippen molar-refractivity contribution in [1.29, 1.82) is 0 Å². The first-order valence-corrected chi connectivity index (χ1v) is 7.99. The average Bonchev–Trinajstić information content (AvgIpc) is 3.26. The number of aromatic amines is 1. The molecule has 0 aliphatic carbocycles. The summed E-state index contributed by atoms with van der Waals surface area (Å²) in [5.41, 5.74) is 4.64. The van der Waals surface area contributed by atoms with Gasteiger partial charge in [-0.15, -0.1) is 0 Å². The lowest BCUT2D eigenvalue weighted by Gasteiger charge is -2.23. The second kappa shape index (κ2) is 6.30. The Hall–Kier alpha value is -2.53. The summed E-state index contributed by atoms with van der Waals surface area (Å²) in [4.78, 5) is 11.0. The van der Waals surface area contributed by atoms with E-state index in [1.54, 1.807) is 6.33 Å². The minimum Gasteiger partial charge on any atom is -0.290 e. The van der Waals surface area contributed by atoms with Crippen molar-refractivity contribution in [2.45, 2.75) is 25.4 Å². The summed E-state index contributed by atoms with van der Waals surface area (Å²) in [5.74, 6) is 0. The first kappa shape index (κ1) is 14.1. The zero-order chi connectivity index (χ0) is 15.5. The Balaban J connectivity index is 1.58. The number of benzene rings is 1. The van der Waals surface area contributed by atoms with E-state index in [1.165, 1.54) is 17.5 Å². The van der Waals surface area contributed by atoms with Crippen molar-refractivity contribution in [3.8, 4) is 11.3 Å². The topological polar surface area (TPSA) is 57.7 Å². The van der Waals surface area contributed by atoms with Crippen LogP contribution in [-0.4, -0.2) is 31.6 Å². The van der Waals surface area contributed by atoms with Crippen molar-refractivity contribution in [1.82, 2.24) is 25.1 Å². The molecule has 0 bridgehead atoms. The highest BCUT2D eigenvalue weighted by molar-refractivity contribution is 5.62. The summed E-state index contributed by atoms with van der Waals surface area (Å²) in [7, 11) is 0. The van der Waals surface area contributed by atoms with Crippen LogP contribution in [0.5, 0.6) is 0 Å². The molecule has 1 aliphatic rings. The number of hydrogen-bond acceptors (Lipinski definition) is 4. The summed E-state index contributed by atoms with van der Waals surface area (Å²) < 4.78 is 0. The number of likely N-dealkylation sites (tertiary alicyclic amines) is 1. The van der Waals surface area contributed by atoms with Gasteiger partial charge in [0.1, 0.15) is 6.33 Å². The third-order valence-electron chi connectivity index (χ3n) is 4.46. The normalized spacial score (nSPS) is 18.3. The standard InChI is InChI=1S/C18H19N5/c1-2-5-14(6-3-1)18-15(11-21-22-18)12-23-10-4-7-17(23)16-8-9-19-13-20-16/h1-3,5-6,8-9,11,13,17H,4,7,10,12H2,(H,21,22). The van der Waals surface area contributed by atoms with Crippen molar-refractivity contribution in [2.24, 2.45) is 0 Å². The molecule has 3 heterocycles. The van der Waals surface area contributed by atoms with Crippen LogP contribution in [0, 0.1) is 0 Å². The predicted molar refractivity (Wildman–Crippen MR) is 88.4 cm³/mol. The minimum absolute atomic E-state index is 0.372. The Kier molecular flexibility index (Phi) is 3.86. The highest BCUT2D eigenvalue weighted by Crippen LogP contribution is 2.33. The summed E-state index contributed by atoms with van der Waals surface area (Å²) >= 11 is 0. The van der Waals surface area contributed by atoms with Gasteiger partial charge < -0.3 is 0 Å². The number of aromatic nitrogens is 4. The van der Waals surface area contributed by atoms with E-state index in [1.807, 2.05) is 24.5 Å². The van der Waals surface area contributed by atoms with Gasteiger partial charge in [-0.05, 0) is 31.0 Å². The van der Waals surface area contributed by atoms with Gasteiger partial charge in [0, 0.05) is 18.3 Å². The molecule has 1 unspecified atom stereocenters. The van der Waals surface area contributed by atoms with Crippen LogP contribution in [0.2, 0.25) is 0 Å². The molecule has 1 saturated heterocycles. The summed E-state index contributed by atoms with van der Waals surface area (Å²) in [6, 6.07) is 12.8. The molecule has 1 atom stereocenters. The van der Waals surface area contributed by atoms with E-state index in [9.17, 15) is 0 Å². The molecule has 0 spiro atoms. The monoisotopic (exact) mass is 305 g/mol. The van der Waals surface area contributed by atoms with Crippen LogP contribution in [0.4, 0.5) is 0 Å². The second-order valence-corrected chi connectivity index (χ2v) is 5.90. The van der Waals surface area contributed by atoms with Crippen LogP contribution in [-0.2, 0) is 6.54 Å². The summed E-state index contributed by atoms with van der Waals surface area (Å²) in [6.45, 7) is 1.98. The van der Waals surface area contributed by atoms with E-state index >= 15 is 0 Å². The largest absolute Gasteiger partial charge is 0.290 e. The molecule has 1 aromatic carbocycles. The van der Waals surface area contributed by atoms with E-state index < -0.39 is 0 Å². The van der Waals surface area contributed by atoms with Crippen molar-refractivity contribution < 1.29 is 0 Å². The zero-order valence-corrected chi connectivity index (χ0v) is 12.9. The fourth-order valence-electron chi connectivity index (χ4n) is 3.35. The molecule has 23 heavy (non-hydrogen) atoms. The van der Waals surface area contributed by atoms with Crippen LogP contribution in [0.1, 0.15) is 30.1 Å². The SMILES string of the molecule is c1ccc(-c2[nH]ncc2CN2CCCC2c2ccncn2)cc1. The number of nitrogens with one attached hydrogen (secondary N) is 1. The molecule has 5 nitrogen and oxygen atoms in total. The molecule has 1 aliphatic heterocycles. The first-order valence-electron chi connectivity index (χ1n) is 7.99. The second-order valence-electron chi connectivity index (χ2n) is 5.90. The Morgan fingerprint density at radius 2 is 2.09 bits per heavy atom. The molecular formula is C18H19N5. The van der Waals surface area contributed by atoms with Gasteiger partial charge in [-0.2, -0.15) is 5.10 Å². The van der Waals surface area contributed by atoms with Crippen LogP contribution in [0.25, 0.3) is 11.3 Å². The van der Waals surface area contributed by atoms with E-state index in [-0.39, 0.29) is 0 Å². The molecule has 116 valence electrons. The molecule has 3 aromatic rings. The lowest BCUT2D eigenvalue weighted by molar-refractivity contribution is 0.244. The van der Waals surface area contributed by atoms with Crippen molar-refractivity contribution in [3.63, 3.8) is 0 Å². The highest BCUT2D eigenvalue weighted by atomic mass is 15.2. The quantitative estimate of drug-likeness (QED) is 0.804. The summed E-state index contributed by atoms with van der Waals surface area (Å²) in [6.07, 6.45) is 7.76. The number of hydrogen-bond donors (Lipinski definition) is 1. The van der Waals surface area contributed by atoms with Crippen LogP contribution >= 0.6 is 0 Å². The van der Waals surface area contributed by atoms with Gasteiger partial charge in [0.2, 0.25) is 0 Å². The van der Waals surface area contributed by atoms with Crippen LogP contribution in [0.15, 0.2) is 55.1 Å². The van der Waals surface area contributed by atoms with Crippen LogP contribution in [0.3, 0.4) is 0 Å². The Labute approximate surface area is 135 Å². The maximum absolute atomic E-state index is 4.44. The molecule has 2 aromatic heterocycles. The Morgan fingerprint density at radius 3 is 2.91 bits per heavy atom. The van der Waals surface area contributed by atoms with Crippen molar-refractivity contribution in [2.75, 3.05) is 6.54 Å². The smallest absolute Gasteiger partial charge is 0.115 e. The third kappa shape index (κ3) is 2.87. The molecule has 4 rings (SSSR count). The fraction of sp³-hybridized carbons (Fsp3) is 0.278. The molecule has 1 fully saturated rings. The van der Waals surface area contributed by atoms with Gasteiger partial charge in [0.05, 0.1) is 23.6 Å². The summed E-state index contributed by atoms with van der Waals surface area (Å²) in [5, 5.41) is 7.41. The van der Waals surface area contributed by atoms with Crippen molar-refractivity contribution >= 4 is 0 Å². The van der Waals surface area contributed by atoms with Gasteiger partial charge in [0.15, 0.2) is 0 Å². The first-order chi connectivity index (χ1) is 11.4. The zero-order valence-electron chi connectivity index (χ0n) is 12.9. The van der Waals surface area contributed by atoms with E-state index in [4.69, 9.17) is 0 Å². The molecule has 5 heteroatoms. The molecule has 0 radical (unpaired) electrons. The average molecular weight is 305 g/mol. The maximum Gasteiger partial charge on any atom is 0.115 e. The van der Waals surface area contributed by atoms with Gasteiger partial charge >= 0.3 is 0 Å². The van der Waals surface area contributed by atoms with Gasteiger partial charge in [0.25, 0.3) is 0 Å². The number of nitrogens with zero attached hydrogens (tertiary/aromatic N) is 4. The van der Waals surface area contributed by atoms with Gasteiger partial charge in [-0.25, -0.2) is 9.97 Å². The Bertz CT molecular complexity index is 753. The predicted octanol–water partition coefficient (Wildman–Crippen LogP) is 3.20. The van der Waals surface area contributed by atoms with Gasteiger partial charge in [-0.1, -0.05) is 30.3 Å². The highest BCUT2D eigenvalue weighted by Gasteiger charge is 2.27. The number of rotatable bonds is 4. The van der Waals surface area contributed by atoms with Crippen LogP contribution < -0.4 is 0 Å². The van der Waals surface area contributed by atoms with Crippen molar-refractivity contribution in [3.05, 3.63) is 66.4 Å². The third-order valence-corrected chi connectivity index (χ3v) is 4.46. The lowest BCUT2D eigenvalue weighted by Crippen LogP contribution is -2.23. The van der Waals surface area contributed by atoms with E-state index in [2.05, 4.69) is 49.3 Å². The lowest BCUT2D eigenvalue weighted by atomic mass is 10.1. The molecule has 0 saturated carbocycles. The minimum atomic E-state index is 0.372. The fourth-order valence-corrected chi connectivity index (χ4v) is 3.35. The molecule has 0 amide bonds. The van der Waals surface area contributed by atoms with E-state index in [0.717, 1.165) is 30.9 Å². The Morgan fingerprint density at radius 1 is 1.17 bits per heavy atom. The maximum atomic E-state index is 4.44. The van der Waals surface area contributed by atoms with Gasteiger partial charge in [-0.3, -0.25) is 10.00 Å². The molecule has 1 N–H and O–H groups in total. The number of H-pyrrole nitrogens is 1.